The van der Waals surface area contributed by atoms with Gasteiger partial charge in [0.15, 0.2) is 11.5 Å². The molecule has 0 heterocycles. The van der Waals surface area contributed by atoms with E-state index in [0.717, 1.165) is 13.0 Å². The molecule has 104 valence electrons. The SMILES string of the molecule is CC#CCCNCC(O)COc1ccccc1OC. The van der Waals surface area contributed by atoms with Gasteiger partial charge in [-0.2, -0.15) is 0 Å². The molecular formula is C15H21NO3. The molecule has 0 aliphatic rings. The Morgan fingerprint density at radius 3 is 2.74 bits per heavy atom. The molecule has 0 aliphatic carbocycles. The Labute approximate surface area is 114 Å². The third-order valence-electron chi connectivity index (χ3n) is 2.48. The Bertz CT molecular complexity index is 423. The van der Waals surface area contributed by atoms with Crippen LogP contribution in [0, 0.1) is 11.8 Å². The summed E-state index contributed by atoms with van der Waals surface area (Å²) in [6.07, 6.45) is 0.232. The molecule has 4 heteroatoms. The molecule has 1 rings (SSSR count). The van der Waals surface area contributed by atoms with Crippen molar-refractivity contribution in [1.82, 2.24) is 5.32 Å². The van der Waals surface area contributed by atoms with Crippen LogP contribution in [0.25, 0.3) is 0 Å². The third-order valence-corrected chi connectivity index (χ3v) is 2.48. The van der Waals surface area contributed by atoms with Gasteiger partial charge in [-0.3, -0.25) is 0 Å². The van der Waals surface area contributed by atoms with Crippen molar-refractivity contribution >= 4 is 0 Å². The first-order valence-electron chi connectivity index (χ1n) is 6.32. The van der Waals surface area contributed by atoms with Crippen molar-refractivity contribution in [3.05, 3.63) is 24.3 Å². The number of aliphatic hydroxyl groups is 1. The summed E-state index contributed by atoms with van der Waals surface area (Å²) in [6, 6.07) is 7.38. The fourth-order valence-electron chi connectivity index (χ4n) is 1.53. The van der Waals surface area contributed by atoms with Crippen LogP contribution in [0.1, 0.15) is 13.3 Å². The summed E-state index contributed by atoms with van der Waals surface area (Å²) >= 11 is 0. The molecule has 1 atom stereocenters. The monoisotopic (exact) mass is 263 g/mol. The van der Waals surface area contributed by atoms with Gasteiger partial charge >= 0.3 is 0 Å². The van der Waals surface area contributed by atoms with Gasteiger partial charge in [-0.05, 0) is 19.1 Å². The lowest BCUT2D eigenvalue weighted by molar-refractivity contribution is 0.105. The summed E-state index contributed by atoms with van der Waals surface area (Å²) in [7, 11) is 1.59. The van der Waals surface area contributed by atoms with Crippen LogP contribution in [0.3, 0.4) is 0 Å². The molecule has 0 saturated carbocycles. The predicted octanol–water partition coefficient (Wildman–Crippen LogP) is 1.44. The lowest BCUT2D eigenvalue weighted by Crippen LogP contribution is -2.31. The van der Waals surface area contributed by atoms with E-state index in [1.165, 1.54) is 0 Å². The third kappa shape index (κ3) is 6.14. The Morgan fingerprint density at radius 2 is 2.05 bits per heavy atom. The fraction of sp³-hybridized carbons (Fsp3) is 0.467. The quantitative estimate of drug-likeness (QED) is 0.550. The van der Waals surface area contributed by atoms with Crippen molar-refractivity contribution in [3.8, 4) is 23.3 Å². The number of ether oxygens (including phenoxy) is 2. The Morgan fingerprint density at radius 1 is 1.32 bits per heavy atom. The highest BCUT2D eigenvalue weighted by molar-refractivity contribution is 5.39. The van der Waals surface area contributed by atoms with E-state index in [1.807, 2.05) is 31.2 Å². The van der Waals surface area contributed by atoms with Gasteiger partial charge in [0, 0.05) is 19.5 Å². The Balaban J connectivity index is 2.25. The second kappa shape index (κ2) is 9.26. The maximum atomic E-state index is 9.77. The molecule has 0 amide bonds. The zero-order chi connectivity index (χ0) is 13.9. The van der Waals surface area contributed by atoms with E-state index in [0.29, 0.717) is 18.0 Å². The van der Waals surface area contributed by atoms with Gasteiger partial charge in [-0.15, -0.1) is 11.8 Å². The molecule has 0 saturated heterocycles. The molecule has 0 radical (unpaired) electrons. The van der Waals surface area contributed by atoms with Crippen LogP contribution in [0.4, 0.5) is 0 Å². The zero-order valence-electron chi connectivity index (χ0n) is 11.5. The topological polar surface area (TPSA) is 50.7 Å². The van der Waals surface area contributed by atoms with Crippen LogP contribution >= 0.6 is 0 Å². The summed E-state index contributed by atoms with van der Waals surface area (Å²) in [5.41, 5.74) is 0. The van der Waals surface area contributed by atoms with E-state index in [4.69, 9.17) is 9.47 Å². The first-order chi connectivity index (χ1) is 9.27. The minimum Gasteiger partial charge on any atom is -0.493 e. The van der Waals surface area contributed by atoms with Gasteiger partial charge in [0.2, 0.25) is 0 Å². The number of aliphatic hydroxyl groups excluding tert-OH is 1. The first kappa shape index (κ1) is 15.4. The molecule has 0 aromatic heterocycles. The number of benzene rings is 1. The van der Waals surface area contributed by atoms with Crippen LogP contribution in [0.15, 0.2) is 24.3 Å². The van der Waals surface area contributed by atoms with E-state index >= 15 is 0 Å². The summed E-state index contributed by atoms with van der Waals surface area (Å²) in [5.74, 6) is 7.08. The summed E-state index contributed by atoms with van der Waals surface area (Å²) in [5, 5.41) is 12.9. The zero-order valence-corrected chi connectivity index (χ0v) is 11.5. The molecule has 19 heavy (non-hydrogen) atoms. The standard InChI is InChI=1S/C15H21NO3/c1-3-4-7-10-16-11-13(17)12-19-15-9-6-5-8-14(15)18-2/h5-6,8-9,13,16-17H,7,10-12H2,1-2H3. The summed E-state index contributed by atoms with van der Waals surface area (Å²) in [6.45, 7) is 3.30. The minimum absolute atomic E-state index is 0.229. The lowest BCUT2D eigenvalue weighted by atomic mass is 10.3. The summed E-state index contributed by atoms with van der Waals surface area (Å²) in [4.78, 5) is 0. The fourth-order valence-corrected chi connectivity index (χ4v) is 1.53. The highest BCUT2D eigenvalue weighted by Gasteiger charge is 2.07. The Hall–Kier alpha value is -1.70. The van der Waals surface area contributed by atoms with E-state index < -0.39 is 6.10 Å². The lowest BCUT2D eigenvalue weighted by Gasteiger charge is -2.14. The van der Waals surface area contributed by atoms with Crippen molar-refractivity contribution in [2.45, 2.75) is 19.4 Å². The molecule has 2 N–H and O–H groups in total. The number of hydrogen-bond acceptors (Lipinski definition) is 4. The molecule has 0 bridgehead atoms. The molecule has 0 spiro atoms. The van der Waals surface area contributed by atoms with E-state index in [9.17, 15) is 5.11 Å². The maximum Gasteiger partial charge on any atom is 0.161 e. The van der Waals surface area contributed by atoms with Crippen molar-refractivity contribution in [1.29, 1.82) is 0 Å². The van der Waals surface area contributed by atoms with Gasteiger partial charge < -0.3 is 19.9 Å². The van der Waals surface area contributed by atoms with Crippen LogP contribution in [0.2, 0.25) is 0 Å². The van der Waals surface area contributed by atoms with Gasteiger partial charge in [0.25, 0.3) is 0 Å². The minimum atomic E-state index is -0.556. The Kier molecular flexibility index (Phi) is 7.48. The maximum absolute atomic E-state index is 9.77. The van der Waals surface area contributed by atoms with Gasteiger partial charge in [-0.1, -0.05) is 12.1 Å². The number of methoxy groups -OCH3 is 1. The molecule has 4 nitrogen and oxygen atoms in total. The second-order valence-corrected chi connectivity index (χ2v) is 4.00. The van der Waals surface area contributed by atoms with Crippen molar-refractivity contribution in [3.63, 3.8) is 0 Å². The van der Waals surface area contributed by atoms with Crippen LogP contribution in [0.5, 0.6) is 11.5 Å². The molecular weight excluding hydrogens is 242 g/mol. The normalized spacial score (nSPS) is 11.3. The van der Waals surface area contributed by atoms with Crippen LogP contribution < -0.4 is 14.8 Å². The molecule has 1 aromatic carbocycles. The van der Waals surface area contributed by atoms with E-state index in [2.05, 4.69) is 17.2 Å². The van der Waals surface area contributed by atoms with Crippen LogP contribution in [-0.2, 0) is 0 Å². The number of rotatable bonds is 8. The van der Waals surface area contributed by atoms with Gasteiger partial charge in [-0.25, -0.2) is 0 Å². The average Bonchev–Trinajstić information content (AvgIpc) is 2.45. The number of para-hydroxylation sites is 2. The van der Waals surface area contributed by atoms with Crippen molar-refractivity contribution in [2.24, 2.45) is 0 Å². The first-order valence-corrected chi connectivity index (χ1v) is 6.32. The summed E-state index contributed by atoms with van der Waals surface area (Å²) < 4.78 is 10.7. The van der Waals surface area contributed by atoms with Gasteiger partial charge in [0.1, 0.15) is 12.7 Å². The van der Waals surface area contributed by atoms with E-state index in [1.54, 1.807) is 7.11 Å². The molecule has 0 fully saturated rings. The molecule has 1 aromatic rings. The van der Waals surface area contributed by atoms with Crippen LogP contribution in [-0.4, -0.2) is 38.0 Å². The second-order valence-electron chi connectivity index (χ2n) is 4.00. The number of hydrogen-bond donors (Lipinski definition) is 2. The van der Waals surface area contributed by atoms with E-state index in [-0.39, 0.29) is 6.61 Å². The van der Waals surface area contributed by atoms with Crippen molar-refractivity contribution in [2.75, 3.05) is 26.8 Å². The highest BCUT2D eigenvalue weighted by atomic mass is 16.5. The average molecular weight is 263 g/mol. The highest BCUT2D eigenvalue weighted by Crippen LogP contribution is 2.25. The molecule has 0 aliphatic heterocycles. The number of nitrogens with one attached hydrogen (secondary N) is 1. The predicted molar refractivity (Wildman–Crippen MR) is 75.4 cm³/mol. The smallest absolute Gasteiger partial charge is 0.161 e. The van der Waals surface area contributed by atoms with Crippen molar-refractivity contribution < 1.29 is 14.6 Å². The largest absolute Gasteiger partial charge is 0.493 e. The van der Waals surface area contributed by atoms with Gasteiger partial charge in [0.05, 0.1) is 7.11 Å². The molecule has 1 unspecified atom stereocenters.